The van der Waals surface area contributed by atoms with Gasteiger partial charge in [-0.2, -0.15) is 8.78 Å². The van der Waals surface area contributed by atoms with Gasteiger partial charge in [0, 0.05) is 19.9 Å². The molecule has 0 saturated heterocycles. The number of para-hydroxylation sites is 2. The average Bonchev–Trinajstić information content (AvgIpc) is 2.73. The molecule has 0 saturated carbocycles. The van der Waals surface area contributed by atoms with Crippen LogP contribution in [0.25, 0.3) is 11.0 Å². The fourth-order valence-corrected chi connectivity index (χ4v) is 1.88. The number of alkyl halides is 2. The minimum absolute atomic E-state index is 0.0447. The summed E-state index contributed by atoms with van der Waals surface area (Å²) >= 11 is 0. The van der Waals surface area contributed by atoms with Crippen LogP contribution in [0.3, 0.4) is 0 Å². The van der Waals surface area contributed by atoms with Crippen molar-refractivity contribution in [3.8, 4) is 0 Å². The number of benzene rings is 1. The van der Waals surface area contributed by atoms with Gasteiger partial charge in [-0.05, 0) is 12.1 Å². The summed E-state index contributed by atoms with van der Waals surface area (Å²) in [5, 5.41) is 0.940. The maximum Gasteiger partial charge on any atom is 0.320 e. The van der Waals surface area contributed by atoms with E-state index in [0.29, 0.717) is 11.0 Å². The van der Waals surface area contributed by atoms with Crippen LogP contribution in [0.2, 0.25) is 0 Å². The Balaban J connectivity index is 2.32. The van der Waals surface area contributed by atoms with Crippen LogP contribution in [-0.2, 0) is 11.2 Å². The Bertz CT molecular complexity index is 594. The Morgan fingerprint density at radius 1 is 1.47 bits per heavy atom. The van der Waals surface area contributed by atoms with E-state index < -0.39 is 6.55 Å². The van der Waals surface area contributed by atoms with E-state index in [0.717, 1.165) is 9.58 Å². The van der Waals surface area contributed by atoms with Gasteiger partial charge in [-0.3, -0.25) is 14.4 Å². The van der Waals surface area contributed by atoms with Crippen molar-refractivity contribution in [3.05, 3.63) is 30.1 Å². The van der Waals surface area contributed by atoms with Crippen LogP contribution in [0.15, 0.2) is 24.3 Å². The van der Waals surface area contributed by atoms with Gasteiger partial charge in [0.15, 0.2) is 0 Å². The maximum atomic E-state index is 13.1. The maximum absolute atomic E-state index is 13.1. The van der Waals surface area contributed by atoms with E-state index in [1.165, 1.54) is 7.05 Å². The van der Waals surface area contributed by atoms with Crippen LogP contribution < -0.4 is 5.84 Å². The summed E-state index contributed by atoms with van der Waals surface area (Å²) in [6.07, 6.45) is 0.169. The first-order valence-corrected chi connectivity index (χ1v) is 5.76. The van der Waals surface area contributed by atoms with Gasteiger partial charge in [-0.25, -0.2) is 10.8 Å². The Morgan fingerprint density at radius 3 is 2.79 bits per heavy atom. The molecule has 5 nitrogen and oxygen atoms in total. The van der Waals surface area contributed by atoms with Gasteiger partial charge in [0.2, 0.25) is 5.91 Å². The second kappa shape index (κ2) is 5.31. The molecule has 2 rings (SSSR count). The highest BCUT2D eigenvalue weighted by Gasteiger charge is 2.18. The van der Waals surface area contributed by atoms with Gasteiger partial charge < -0.3 is 0 Å². The third-order valence-corrected chi connectivity index (χ3v) is 2.82. The van der Waals surface area contributed by atoms with E-state index in [9.17, 15) is 13.6 Å². The van der Waals surface area contributed by atoms with Crippen molar-refractivity contribution in [2.75, 3.05) is 7.05 Å². The fourth-order valence-electron chi connectivity index (χ4n) is 1.88. The molecule has 1 heterocycles. The first-order chi connectivity index (χ1) is 9.00. The van der Waals surface area contributed by atoms with Gasteiger partial charge in [0.05, 0.1) is 11.0 Å². The minimum atomic E-state index is -2.69. The molecule has 0 unspecified atom stereocenters. The van der Waals surface area contributed by atoms with Gasteiger partial charge in [0.1, 0.15) is 5.82 Å². The lowest BCUT2D eigenvalue weighted by molar-refractivity contribution is -0.130. The Kier molecular flexibility index (Phi) is 3.75. The monoisotopic (exact) mass is 268 g/mol. The zero-order chi connectivity index (χ0) is 14.0. The number of imidazole rings is 1. The molecule has 2 N–H and O–H groups in total. The van der Waals surface area contributed by atoms with Crippen molar-refractivity contribution in [2.45, 2.75) is 19.4 Å². The summed E-state index contributed by atoms with van der Waals surface area (Å²) in [5.41, 5.74) is 0.854. The van der Waals surface area contributed by atoms with E-state index in [4.69, 9.17) is 5.84 Å². The molecule has 0 aliphatic rings. The molecule has 1 aromatic heterocycles. The number of aromatic nitrogens is 2. The molecule has 1 aromatic carbocycles. The van der Waals surface area contributed by atoms with E-state index in [2.05, 4.69) is 4.98 Å². The molecule has 0 aliphatic carbocycles. The van der Waals surface area contributed by atoms with E-state index in [1.54, 1.807) is 24.3 Å². The van der Waals surface area contributed by atoms with E-state index >= 15 is 0 Å². The predicted molar refractivity (Wildman–Crippen MR) is 66.3 cm³/mol. The van der Waals surface area contributed by atoms with Crippen molar-refractivity contribution < 1.29 is 13.6 Å². The number of carbonyl (C=O) groups excluding carboxylic acids is 1. The smallest absolute Gasteiger partial charge is 0.284 e. The topological polar surface area (TPSA) is 64.2 Å². The molecule has 19 heavy (non-hydrogen) atoms. The van der Waals surface area contributed by atoms with Gasteiger partial charge in [-0.1, -0.05) is 12.1 Å². The molecule has 0 radical (unpaired) electrons. The highest BCUT2D eigenvalue weighted by atomic mass is 19.3. The summed E-state index contributed by atoms with van der Waals surface area (Å²) in [6, 6.07) is 6.64. The summed E-state index contributed by atoms with van der Waals surface area (Å²) < 4.78 is 27.0. The minimum Gasteiger partial charge on any atom is -0.284 e. The fraction of sp³-hybridized carbons (Fsp3) is 0.333. The van der Waals surface area contributed by atoms with Crippen molar-refractivity contribution in [3.63, 3.8) is 0 Å². The highest BCUT2D eigenvalue weighted by Crippen LogP contribution is 2.23. The first kappa shape index (κ1) is 13.4. The third-order valence-electron chi connectivity index (χ3n) is 2.82. The molecule has 0 bridgehead atoms. The summed E-state index contributed by atoms with van der Waals surface area (Å²) in [7, 11) is 1.42. The van der Waals surface area contributed by atoms with E-state index in [-0.39, 0.29) is 24.6 Å². The number of hydrazine groups is 1. The molecule has 0 atom stereocenters. The number of hydrogen-bond donors (Lipinski definition) is 1. The third kappa shape index (κ3) is 2.70. The number of amides is 1. The molecule has 102 valence electrons. The summed E-state index contributed by atoms with van der Waals surface area (Å²) in [5.74, 6) is 5.14. The SMILES string of the molecule is CN(N)C(=O)CCc1nc2ccccc2n1C(F)F. The first-order valence-electron chi connectivity index (χ1n) is 5.76. The molecule has 7 heteroatoms. The number of aryl methyl sites for hydroxylation is 1. The molecular weight excluding hydrogens is 254 g/mol. The molecule has 2 aromatic rings. The molecular formula is C12H14F2N4O. The molecule has 0 fully saturated rings. The van der Waals surface area contributed by atoms with Gasteiger partial charge in [-0.15, -0.1) is 0 Å². The number of nitrogens with two attached hydrogens (primary N) is 1. The van der Waals surface area contributed by atoms with Crippen molar-refractivity contribution in [1.29, 1.82) is 0 Å². The second-order valence-electron chi connectivity index (χ2n) is 4.17. The standard InChI is InChI=1S/C12H14F2N4O/c1-17(15)11(19)7-6-10-16-8-4-2-3-5-9(8)18(10)12(13)14/h2-5,12H,6-7,15H2,1H3. The van der Waals surface area contributed by atoms with Gasteiger partial charge in [0.25, 0.3) is 0 Å². The Morgan fingerprint density at radius 2 is 2.16 bits per heavy atom. The van der Waals surface area contributed by atoms with Crippen LogP contribution in [0.4, 0.5) is 8.78 Å². The summed E-state index contributed by atoms with van der Waals surface area (Å²) in [4.78, 5) is 15.5. The Hall–Kier alpha value is -2.02. The van der Waals surface area contributed by atoms with Crippen molar-refractivity contribution >= 4 is 16.9 Å². The number of nitrogens with zero attached hydrogens (tertiary/aromatic N) is 3. The van der Waals surface area contributed by atoms with Crippen LogP contribution in [-0.4, -0.2) is 27.5 Å². The Labute approximate surface area is 108 Å². The zero-order valence-electron chi connectivity index (χ0n) is 10.4. The van der Waals surface area contributed by atoms with Crippen LogP contribution >= 0.6 is 0 Å². The largest absolute Gasteiger partial charge is 0.320 e. The normalized spacial score (nSPS) is 11.2. The number of hydrogen-bond acceptors (Lipinski definition) is 3. The van der Waals surface area contributed by atoms with E-state index in [1.807, 2.05) is 0 Å². The highest BCUT2D eigenvalue weighted by molar-refractivity contribution is 5.77. The van der Waals surface area contributed by atoms with Gasteiger partial charge >= 0.3 is 6.55 Å². The number of fused-ring (bicyclic) bond motifs is 1. The lowest BCUT2D eigenvalue weighted by atomic mass is 10.3. The number of rotatable bonds is 4. The molecule has 1 amide bonds. The van der Waals surface area contributed by atoms with Crippen LogP contribution in [0, 0.1) is 0 Å². The summed E-state index contributed by atoms with van der Waals surface area (Å²) in [6.45, 7) is -2.69. The quantitative estimate of drug-likeness (QED) is 0.521. The number of halogens is 2. The lowest BCUT2D eigenvalue weighted by Crippen LogP contribution is -2.33. The van der Waals surface area contributed by atoms with Crippen LogP contribution in [0.5, 0.6) is 0 Å². The molecule has 0 spiro atoms. The average molecular weight is 268 g/mol. The van der Waals surface area contributed by atoms with Crippen molar-refractivity contribution in [2.24, 2.45) is 5.84 Å². The van der Waals surface area contributed by atoms with Crippen molar-refractivity contribution in [1.82, 2.24) is 14.6 Å². The second-order valence-corrected chi connectivity index (χ2v) is 4.17. The molecule has 0 aliphatic heterocycles. The number of carbonyl (C=O) groups is 1. The lowest BCUT2D eigenvalue weighted by Gasteiger charge is -2.10. The predicted octanol–water partition coefficient (Wildman–Crippen LogP) is 1.70. The van der Waals surface area contributed by atoms with Crippen LogP contribution in [0.1, 0.15) is 18.8 Å². The zero-order valence-corrected chi connectivity index (χ0v) is 10.4.